The minimum atomic E-state index is -0.348. The fourth-order valence-electron chi connectivity index (χ4n) is 2.28. The Morgan fingerprint density at radius 1 is 1.40 bits per heavy atom. The van der Waals surface area contributed by atoms with Gasteiger partial charge in [0.05, 0.1) is 5.92 Å². The second-order valence-electron chi connectivity index (χ2n) is 4.94. The van der Waals surface area contributed by atoms with E-state index in [0.29, 0.717) is 24.5 Å². The van der Waals surface area contributed by atoms with E-state index in [1.165, 1.54) is 0 Å². The largest absolute Gasteiger partial charge is 0.484 e. The van der Waals surface area contributed by atoms with Crippen molar-refractivity contribution in [3.63, 3.8) is 0 Å². The average molecular weight is 277 g/mol. The minimum absolute atomic E-state index is 0.0606. The molecule has 1 aliphatic rings. The van der Waals surface area contributed by atoms with Gasteiger partial charge in [-0.25, -0.2) is 0 Å². The van der Waals surface area contributed by atoms with Gasteiger partial charge >= 0.3 is 0 Å². The number of nitrogen functional groups attached to an aromatic ring is 1. The van der Waals surface area contributed by atoms with Gasteiger partial charge in [-0.2, -0.15) is 0 Å². The van der Waals surface area contributed by atoms with Crippen molar-refractivity contribution in [2.75, 3.05) is 25.4 Å². The fourth-order valence-corrected chi connectivity index (χ4v) is 2.28. The molecule has 1 aromatic carbocycles. The fraction of sp³-hybridized carbons (Fsp3) is 0.429. The molecule has 0 spiro atoms. The number of ether oxygens (including phenoxy) is 1. The Kier molecular flexibility index (Phi) is 4.45. The topological polar surface area (TPSA) is 98.7 Å². The van der Waals surface area contributed by atoms with Crippen LogP contribution in [0.15, 0.2) is 24.3 Å². The van der Waals surface area contributed by atoms with E-state index in [2.05, 4.69) is 0 Å². The maximum atomic E-state index is 12.0. The summed E-state index contributed by atoms with van der Waals surface area (Å²) in [7, 11) is 0. The van der Waals surface area contributed by atoms with Gasteiger partial charge in [0.15, 0.2) is 6.61 Å². The van der Waals surface area contributed by atoms with Crippen LogP contribution < -0.4 is 16.2 Å². The average Bonchev–Trinajstić information content (AvgIpc) is 2.45. The predicted octanol–water partition coefficient (Wildman–Crippen LogP) is 0.371. The molecule has 0 radical (unpaired) electrons. The van der Waals surface area contributed by atoms with Crippen LogP contribution in [0.3, 0.4) is 0 Å². The van der Waals surface area contributed by atoms with Gasteiger partial charge in [-0.05, 0) is 25.0 Å². The number of piperidine rings is 1. The molecule has 0 saturated carbocycles. The number of anilines is 1. The number of nitrogens with zero attached hydrogens (tertiary/aromatic N) is 1. The van der Waals surface area contributed by atoms with Crippen LogP contribution in [-0.2, 0) is 9.59 Å². The normalized spacial score (nSPS) is 18.6. The Morgan fingerprint density at radius 3 is 2.90 bits per heavy atom. The van der Waals surface area contributed by atoms with Crippen LogP contribution in [0.5, 0.6) is 5.75 Å². The molecular weight excluding hydrogens is 258 g/mol. The van der Waals surface area contributed by atoms with E-state index >= 15 is 0 Å². The lowest BCUT2D eigenvalue weighted by Crippen LogP contribution is -2.45. The SMILES string of the molecule is NC(=O)C1CCCN(C(=O)COc2cccc(N)c2)C1. The summed E-state index contributed by atoms with van der Waals surface area (Å²) >= 11 is 0. The zero-order valence-corrected chi connectivity index (χ0v) is 11.2. The standard InChI is InChI=1S/C14H19N3O3/c15-11-4-1-5-12(7-11)20-9-13(18)17-6-2-3-10(8-17)14(16)19/h1,4-5,7,10H,2-3,6,8-9,15H2,(H2,16,19). The summed E-state index contributed by atoms with van der Waals surface area (Å²) in [6, 6.07) is 6.91. The van der Waals surface area contributed by atoms with Crippen molar-refractivity contribution in [2.45, 2.75) is 12.8 Å². The van der Waals surface area contributed by atoms with E-state index in [9.17, 15) is 9.59 Å². The van der Waals surface area contributed by atoms with Crippen molar-refractivity contribution in [3.8, 4) is 5.75 Å². The van der Waals surface area contributed by atoms with Gasteiger partial charge in [-0.15, -0.1) is 0 Å². The Morgan fingerprint density at radius 2 is 2.20 bits per heavy atom. The van der Waals surface area contributed by atoms with Gasteiger partial charge in [0, 0.05) is 24.8 Å². The Balaban J connectivity index is 1.87. The number of hydrogen-bond acceptors (Lipinski definition) is 4. The monoisotopic (exact) mass is 277 g/mol. The highest BCUT2D eigenvalue weighted by Crippen LogP contribution is 2.17. The zero-order chi connectivity index (χ0) is 14.5. The summed E-state index contributed by atoms with van der Waals surface area (Å²) < 4.78 is 5.41. The van der Waals surface area contributed by atoms with Crippen molar-refractivity contribution in [3.05, 3.63) is 24.3 Å². The first kappa shape index (κ1) is 14.2. The van der Waals surface area contributed by atoms with Gasteiger partial charge in [0.25, 0.3) is 5.91 Å². The molecule has 1 heterocycles. The number of carbonyl (C=O) groups is 2. The van der Waals surface area contributed by atoms with Crippen LogP contribution in [-0.4, -0.2) is 36.4 Å². The van der Waals surface area contributed by atoms with Crippen LogP contribution in [0.4, 0.5) is 5.69 Å². The molecule has 1 saturated heterocycles. The van der Waals surface area contributed by atoms with E-state index < -0.39 is 0 Å². The summed E-state index contributed by atoms with van der Waals surface area (Å²) in [5.74, 6) is -0.181. The summed E-state index contributed by atoms with van der Waals surface area (Å²) in [4.78, 5) is 24.9. The molecule has 0 aromatic heterocycles. The number of hydrogen-bond donors (Lipinski definition) is 2. The number of benzene rings is 1. The third kappa shape index (κ3) is 3.63. The lowest BCUT2D eigenvalue weighted by molar-refractivity contribution is -0.136. The van der Waals surface area contributed by atoms with Gasteiger partial charge in [-0.3, -0.25) is 9.59 Å². The molecule has 0 bridgehead atoms. The molecule has 6 heteroatoms. The van der Waals surface area contributed by atoms with Gasteiger partial charge < -0.3 is 21.1 Å². The number of nitrogens with two attached hydrogens (primary N) is 2. The molecule has 20 heavy (non-hydrogen) atoms. The highest BCUT2D eigenvalue weighted by Gasteiger charge is 2.26. The molecule has 1 atom stereocenters. The third-order valence-electron chi connectivity index (χ3n) is 3.40. The highest BCUT2D eigenvalue weighted by atomic mass is 16.5. The molecule has 108 valence electrons. The Labute approximate surface area is 117 Å². The van der Waals surface area contributed by atoms with Crippen LogP contribution in [0.1, 0.15) is 12.8 Å². The van der Waals surface area contributed by atoms with Gasteiger partial charge in [0.1, 0.15) is 5.75 Å². The number of rotatable bonds is 4. The summed E-state index contributed by atoms with van der Waals surface area (Å²) in [6.07, 6.45) is 1.53. The highest BCUT2D eigenvalue weighted by molar-refractivity contribution is 5.81. The predicted molar refractivity (Wildman–Crippen MR) is 74.8 cm³/mol. The van der Waals surface area contributed by atoms with E-state index in [0.717, 1.165) is 12.8 Å². The maximum absolute atomic E-state index is 12.0. The van der Waals surface area contributed by atoms with E-state index in [1.807, 2.05) is 0 Å². The first-order valence-corrected chi connectivity index (χ1v) is 6.61. The molecular formula is C14H19N3O3. The van der Waals surface area contributed by atoms with Crippen LogP contribution >= 0.6 is 0 Å². The van der Waals surface area contributed by atoms with Crippen LogP contribution in [0.2, 0.25) is 0 Å². The van der Waals surface area contributed by atoms with Crippen molar-refractivity contribution in [2.24, 2.45) is 11.7 Å². The molecule has 1 unspecified atom stereocenters. The van der Waals surface area contributed by atoms with Crippen molar-refractivity contribution < 1.29 is 14.3 Å². The summed E-state index contributed by atoms with van der Waals surface area (Å²) in [6.45, 7) is 0.965. The molecule has 4 N–H and O–H groups in total. The minimum Gasteiger partial charge on any atom is -0.484 e. The number of primary amides is 1. The zero-order valence-electron chi connectivity index (χ0n) is 11.2. The van der Waals surface area contributed by atoms with Crippen molar-refractivity contribution in [1.82, 2.24) is 4.90 Å². The van der Waals surface area contributed by atoms with E-state index in [4.69, 9.17) is 16.2 Å². The number of amides is 2. The Bertz CT molecular complexity index is 504. The first-order chi connectivity index (χ1) is 9.56. The van der Waals surface area contributed by atoms with E-state index in [-0.39, 0.29) is 24.3 Å². The second-order valence-corrected chi connectivity index (χ2v) is 4.94. The van der Waals surface area contributed by atoms with Gasteiger partial charge in [-0.1, -0.05) is 6.07 Å². The first-order valence-electron chi connectivity index (χ1n) is 6.61. The molecule has 2 amide bonds. The van der Waals surface area contributed by atoms with E-state index in [1.54, 1.807) is 29.2 Å². The molecule has 1 aromatic rings. The Hall–Kier alpha value is -2.24. The molecule has 6 nitrogen and oxygen atoms in total. The molecule has 0 aliphatic carbocycles. The second kappa shape index (κ2) is 6.27. The van der Waals surface area contributed by atoms with Crippen molar-refractivity contribution >= 4 is 17.5 Å². The lowest BCUT2D eigenvalue weighted by atomic mass is 9.97. The summed E-state index contributed by atoms with van der Waals surface area (Å²) in [5, 5.41) is 0. The lowest BCUT2D eigenvalue weighted by Gasteiger charge is -2.31. The van der Waals surface area contributed by atoms with Crippen LogP contribution in [0, 0.1) is 5.92 Å². The number of likely N-dealkylation sites (tertiary alicyclic amines) is 1. The molecule has 1 aliphatic heterocycles. The summed E-state index contributed by atoms with van der Waals surface area (Å²) in [5.41, 5.74) is 11.5. The smallest absolute Gasteiger partial charge is 0.260 e. The van der Waals surface area contributed by atoms with Crippen LogP contribution in [0.25, 0.3) is 0 Å². The number of carbonyl (C=O) groups excluding carboxylic acids is 2. The van der Waals surface area contributed by atoms with Gasteiger partial charge in [0.2, 0.25) is 5.91 Å². The third-order valence-corrected chi connectivity index (χ3v) is 3.40. The molecule has 2 rings (SSSR count). The van der Waals surface area contributed by atoms with Crippen molar-refractivity contribution in [1.29, 1.82) is 0 Å². The molecule has 1 fully saturated rings. The quantitative estimate of drug-likeness (QED) is 0.777. The maximum Gasteiger partial charge on any atom is 0.260 e.